The first-order valence-electron chi connectivity index (χ1n) is 27.7. The van der Waals surface area contributed by atoms with Crippen LogP contribution in [0.5, 0.6) is 5.75 Å². The molecule has 3 aromatic rings. The van der Waals surface area contributed by atoms with Gasteiger partial charge in [0.25, 0.3) is 0 Å². The van der Waals surface area contributed by atoms with Crippen LogP contribution in [0.15, 0.2) is 119 Å². The average molecular weight is 963 g/mol. The lowest BCUT2D eigenvalue weighted by Crippen LogP contribution is -2.51. The van der Waals surface area contributed by atoms with Gasteiger partial charge in [-0.25, -0.2) is 9.59 Å². The zero-order valence-electron chi connectivity index (χ0n) is 43.6. The number of hydrogen-bond acceptors (Lipinski definition) is 8. The zero-order chi connectivity index (χ0) is 49.8. The summed E-state index contributed by atoms with van der Waals surface area (Å²) >= 11 is 0. The number of hydrogen-bond donors (Lipinski definition) is 0. The largest absolute Gasteiger partial charge is 0.462 e. The summed E-state index contributed by atoms with van der Waals surface area (Å²) in [6, 6.07) is 21.2. The monoisotopic (exact) mass is 963 g/mol. The molecule has 0 spiro atoms. The van der Waals surface area contributed by atoms with Crippen molar-refractivity contribution in [2.45, 2.75) is 175 Å². The fourth-order valence-corrected chi connectivity index (χ4v) is 13.7. The lowest BCUT2D eigenvalue weighted by atomic mass is 9.47. The number of esters is 3. The Bertz CT molecular complexity index is 2350. The van der Waals surface area contributed by atoms with Crippen LogP contribution >= 0.6 is 0 Å². The van der Waals surface area contributed by atoms with Crippen LogP contribution in [0.4, 0.5) is 11.4 Å². The highest BCUT2D eigenvalue weighted by molar-refractivity contribution is 5.91. The summed E-state index contributed by atoms with van der Waals surface area (Å²) in [4.78, 5) is 38.3. The van der Waals surface area contributed by atoms with E-state index in [0.29, 0.717) is 46.7 Å². The Morgan fingerprint density at radius 2 is 1.30 bits per heavy atom. The van der Waals surface area contributed by atoms with Gasteiger partial charge in [-0.05, 0) is 170 Å². The molecule has 8 rings (SSSR count). The number of allylic oxidation sites excluding steroid dienone is 5. The van der Waals surface area contributed by atoms with Crippen LogP contribution in [0, 0.1) is 46.3 Å². The molecule has 5 aliphatic rings. The lowest BCUT2D eigenvalue weighted by Gasteiger charge is -2.58. The maximum absolute atomic E-state index is 13.0. The second-order valence-corrected chi connectivity index (χ2v) is 22.9. The molecule has 0 amide bonds. The van der Waals surface area contributed by atoms with Gasteiger partial charge in [-0.15, -0.1) is 0 Å². The van der Waals surface area contributed by atoms with Crippen LogP contribution in [0.2, 0.25) is 0 Å². The van der Waals surface area contributed by atoms with Crippen molar-refractivity contribution in [1.82, 2.24) is 0 Å². The molecule has 71 heavy (non-hydrogen) atoms. The average Bonchev–Trinajstić information content (AvgIpc) is 4.04. The molecule has 5 aliphatic carbocycles. The quantitative estimate of drug-likeness (QED) is 0.0308. The molecule has 1 unspecified atom stereocenters. The first-order valence-corrected chi connectivity index (χ1v) is 27.7. The molecule has 380 valence electrons. The van der Waals surface area contributed by atoms with E-state index in [2.05, 4.69) is 63.1 Å². The Balaban J connectivity index is 0.645. The van der Waals surface area contributed by atoms with Gasteiger partial charge >= 0.3 is 17.9 Å². The highest BCUT2D eigenvalue weighted by Crippen LogP contribution is 2.67. The maximum atomic E-state index is 13.0. The van der Waals surface area contributed by atoms with E-state index in [1.54, 1.807) is 66.2 Å². The third-order valence-electron chi connectivity index (χ3n) is 17.8. The zero-order valence-corrected chi connectivity index (χ0v) is 43.6. The number of ether oxygens (including phenoxy) is 3. The standard InChI is InChI=1S/C63H82N2O6/c1-44(2)17-16-18-45(3)56-36-37-57-55-35-28-50-43-54(38-40-62(50,4)58(55)39-41-63(56,57)5)70-59(66)21-12-10-8-6-7-9-11-15-42-69-60(67)48-26-29-51(30-27-48)64-65-52-31-33-53(34-32-52)71-61(68)49-24-22-47(23-25-49)46-19-13-14-20-46/h13-14,19-20,22-34,44-46,54-58H,6-12,15-18,21,35-43H2,1-5H3/t45-,54?,55+,56-,57+,58+,62+,63-/m1/s1. The van der Waals surface area contributed by atoms with Crippen molar-refractivity contribution in [2.75, 3.05) is 6.61 Å². The molecule has 3 aromatic carbocycles. The second-order valence-electron chi connectivity index (χ2n) is 22.9. The van der Waals surface area contributed by atoms with Crippen molar-refractivity contribution in [3.05, 3.63) is 125 Å². The molecule has 0 radical (unpaired) electrons. The Morgan fingerprint density at radius 3 is 1.99 bits per heavy atom. The number of azo groups is 1. The maximum Gasteiger partial charge on any atom is 0.343 e. The predicted molar refractivity (Wildman–Crippen MR) is 284 cm³/mol. The van der Waals surface area contributed by atoms with E-state index in [-0.39, 0.29) is 29.4 Å². The summed E-state index contributed by atoms with van der Waals surface area (Å²) < 4.78 is 17.2. The molecule has 0 saturated heterocycles. The van der Waals surface area contributed by atoms with Gasteiger partial charge in [0, 0.05) is 18.8 Å². The van der Waals surface area contributed by atoms with E-state index < -0.39 is 5.97 Å². The van der Waals surface area contributed by atoms with Gasteiger partial charge in [-0.1, -0.05) is 140 Å². The molecule has 8 atom stereocenters. The van der Waals surface area contributed by atoms with E-state index in [1.807, 2.05) is 24.3 Å². The molecular weight excluding hydrogens is 881 g/mol. The molecule has 0 bridgehead atoms. The van der Waals surface area contributed by atoms with Crippen LogP contribution in [0.1, 0.15) is 195 Å². The van der Waals surface area contributed by atoms with Crippen LogP contribution in [0.25, 0.3) is 0 Å². The number of carbonyl (C=O) groups is 3. The first kappa shape index (κ1) is 52.2. The van der Waals surface area contributed by atoms with Gasteiger partial charge < -0.3 is 14.2 Å². The second kappa shape index (κ2) is 24.5. The van der Waals surface area contributed by atoms with E-state index in [4.69, 9.17) is 14.2 Å². The smallest absolute Gasteiger partial charge is 0.343 e. The lowest BCUT2D eigenvalue weighted by molar-refractivity contribution is -0.151. The van der Waals surface area contributed by atoms with E-state index >= 15 is 0 Å². The Morgan fingerprint density at radius 1 is 0.662 bits per heavy atom. The topological polar surface area (TPSA) is 104 Å². The molecule has 8 nitrogen and oxygen atoms in total. The minimum Gasteiger partial charge on any atom is -0.462 e. The Hall–Kier alpha value is -5.11. The van der Waals surface area contributed by atoms with Crippen LogP contribution in [0.3, 0.4) is 0 Å². The van der Waals surface area contributed by atoms with Gasteiger partial charge in [-0.2, -0.15) is 10.2 Å². The van der Waals surface area contributed by atoms with Crippen molar-refractivity contribution >= 4 is 29.3 Å². The molecule has 3 fully saturated rings. The fourth-order valence-electron chi connectivity index (χ4n) is 13.7. The number of benzene rings is 3. The Labute approximate surface area is 425 Å². The number of unbranched alkanes of at least 4 members (excludes halogenated alkanes) is 7. The van der Waals surface area contributed by atoms with Crippen LogP contribution in [-0.2, 0) is 14.3 Å². The van der Waals surface area contributed by atoms with Crippen LogP contribution in [-0.4, -0.2) is 30.6 Å². The summed E-state index contributed by atoms with van der Waals surface area (Å²) in [5, 5.41) is 8.57. The predicted octanol–water partition coefficient (Wildman–Crippen LogP) is 17.2. The van der Waals surface area contributed by atoms with E-state index in [1.165, 1.54) is 51.4 Å². The van der Waals surface area contributed by atoms with Crippen molar-refractivity contribution in [3.8, 4) is 5.75 Å². The molecular formula is C63H82N2O6. The molecule has 0 aromatic heterocycles. The molecule has 0 aliphatic heterocycles. The third kappa shape index (κ3) is 13.3. The van der Waals surface area contributed by atoms with Crippen molar-refractivity contribution < 1.29 is 28.6 Å². The van der Waals surface area contributed by atoms with E-state index in [0.717, 1.165) is 112 Å². The van der Waals surface area contributed by atoms with Crippen molar-refractivity contribution in [3.63, 3.8) is 0 Å². The summed E-state index contributed by atoms with van der Waals surface area (Å²) in [5.74, 6) is 4.94. The van der Waals surface area contributed by atoms with Gasteiger partial charge in [-0.3, -0.25) is 4.79 Å². The molecule has 8 heteroatoms. The number of carbonyl (C=O) groups excluding carboxylic acids is 3. The molecule has 3 saturated carbocycles. The van der Waals surface area contributed by atoms with Crippen molar-refractivity contribution in [2.24, 2.45) is 56.6 Å². The highest BCUT2D eigenvalue weighted by Gasteiger charge is 2.59. The SMILES string of the molecule is CC(C)CCC[C@@H](C)[C@H]1CC[C@H]2[C@@H]3CC=C4CC(OC(=O)CCCCCCCCCCOC(=O)c5ccc(N=Nc6ccc(OC(=O)c7ccc(C8C=CC=C8)cc7)cc6)cc5)CC[C@]4(C)[C@H]3CC[C@]12C. The number of fused-ring (bicyclic) bond motifs is 5. The first-order chi connectivity index (χ1) is 34.4. The van der Waals surface area contributed by atoms with Gasteiger partial charge in [0.2, 0.25) is 0 Å². The minimum atomic E-state index is -0.423. The van der Waals surface area contributed by atoms with Crippen LogP contribution < -0.4 is 4.74 Å². The highest BCUT2D eigenvalue weighted by atomic mass is 16.5. The van der Waals surface area contributed by atoms with Crippen molar-refractivity contribution in [1.29, 1.82) is 0 Å². The summed E-state index contributed by atoms with van der Waals surface area (Å²) in [6.45, 7) is 13.0. The minimum absolute atomic E-state index is 0.00865. The fraction of sp³-hybridized carbons (Fsp3) is 0.571. The van der Waals surface area contributed by atoms with Gasteiger partial charge in [0.05, 0.1) is 29.1 Å². The summed E-state index contributed by atoms with van der Waals surface area (Å²) in [6.07, 6.45) is 34.0. The normalized spacial score (nSPS) is 26.2. The third-order valence-corrected chi connectivity index (χ3v) is 17.8. The van der Waals surface area contributed by atoms with E-state index in [9.17, 15) is 14.4 Å². The summed E-state index contributed by atoms with van der Waals surface area (Å²) in [5.41, 5.74) is 5.68. The molecule has 0 N–H and O–H groups in total. The van der Waals surface area contributed by atoms with Gasteiger partial charge in [0.1, 0.15) is 11.9 Å². The Kier molecular flexibility index (Phi) is 18.0. The summed E-state index contributed by atoms with van der Waals surface area (Å²) in [7, 11) is 0. The number of rotatable bonds is 23. The molecule has 0 heterocycles. The number of nitrogens with zero attached hydrogens (tertiary/aromatic N) is 2. The van der Waals surface area contributed by atoms with Gasteiger partial charge in [0.15, 0.2) is 0 Å².